The minimum absolute atomic E-state index is 0.374. The molecule has 18 heavy (non-hydrogen) atoms. The molecule has 0 aliphatic heterocycles. The second-order valence-corrected chi connectivity index (χ2v) is 7.15. The molecule has 1 heteroatoms. The van der Waals surface area contributed by atoms with Crippen molar-refractivity contribution < 1.29 is 0 Å². The minimum atomic E-state index is 0.374. The number of benzene rings is 1. The van der Waals surface area contributed by atoms with Gasteiger partial charge in [-0.15, -0.1) is 0 Å². The summed E-state index contributed by atoms with van der Waals surface area (Å²) in [4.78, 5) is 0. The van der Waals surface area contributed by atoms with Crippen LogP contribution in [0.4, 0.5) is 0 Å². The third kappa shape index (κ3) is 2.47. The van der Waals surface area contributed by atoms with Gasteiger partial charge in [0, 0.05) is 12.0 Å². The lowest BCUT2D eigenvalue weighted by Gasteiger charge is -2.53. The van der Waals surface area contributed by atoms with Crippen LogP contribution in [0.2, 0.25) is 0 Å². The molecule has 1 fully saturated rings. The van der Waals surface area contributed by atoms with Gasteiger partial charge >= 0.3 is 0 Å². The minimum Gasteiger partial charge on any atom is -0.319 e. The fourth-order valence-electron chi connectivity index (χ4n) is 3.29. The summed E-state index contributed by atoms with van der Waals surface area (Å²) in [6.45, 7) is 10.4. The zero-order chi connectivity index (χ0) is 13.4. The molecule has 0 radical (unpaired) electrons. The first-order chi connectivity index (χ1) is 8.37. The lowest BCUT2D eigenvalue weighted by atomic mass is 9.52. The second-order valence-electron chi connectivity index (χ2n) is 7.15. The Bertz CT molecular complexity index is 408. The fraction of sp³-hybridized carbons (Fsp3) is 0.647. The van der Waals surface area contributed by atoms with Gasteiger partial charge in [0.15, 0.2) is 0 Å². The number of rotatable bonds is 3. The third-order valence-corrected chi connectivity index (χ3v) is 4.64. The average molecular weight is 245 g/mol. The molecular formula is C17H27N. The van der Waals surface area contributed by atoms with Crippen molar-refractivity contribution in [2.45, 2.75) is 46.0 Å². The van der Waals surface area contributed by atoms with E-state index < -0.39 is 0 Å². The van der Waals surface area contributed by atoms with Crippen molar-refractivity contribution in [2.24, 2.45) is 11.3 Å². The monoisotopic (exact) mass is 245 g/mol. The molecule has 1 aromatic carbocycles. The quantitative estimate of drug-likeness (QED) is 0.851. The van der Waals surface area contributed by atoms with Crippen LogP contribution in [0.5, 0.6) is 0 Å². The van der Waals surface area contributed by atoms with Crippen molar-refractivity contribution in [3.05, 3.63) is 35.4 Å². The fourth-order valence-corrected chi connectivity index (χ4v) is 3.29. The van der Waals surface area contributed by atoms with Crippen molar-refractivity contribution in [3.63, 3.8) is 0 Å². The first-order valence-electron chi connectivity index (χ1n) is 7.09. The molecule has 1 aliphatic carbocycles. The van der Waals surface area contributed by atoms with Crippen LogP contribution in [0.25, 0.3) is 0 Å². The molecule has 0 aromatic heterocycles. The molecule has 1 saturated carbocycles. The van der Waals surface area contributed by atoms with Gasteiger partial charge in [-0.3, -0.25) is 0 Å². The van der Waals surface area contributed by atoms with Crippen molar-refractivity contribution >= 4 is 0 Å². The summed E-state index contributed by atoms with van der Waals surface area (Å²) in [6, 6.07) is 9.07. The first kappa shape index (κ1) is 13.6. The van der Waals surface area contributed by atoms with E-state index in [4.69, 9.17) is 0 Å². The van der Waals surface area contributed by atoms with Gasteiger partial charge < -0.3 is 5.32 Å². The Morgan fingerprint density at radius 3 is 2.44 bits per heavy atom. The highest BCUT2D eigenvalue weighted by atomic mass is 14.8. The Morgan fingerprint density at radius 2 is 1.94 bits per heavy atom. The van der Waals surface area contributed by atoms with Crippen LogP contribution in [0, 0.1) is 18.3 Å². The Hall–Kier alpha value is -0.820. The summed E-state index contributed by atoms with van der Waals surface area (Å²) in [7, 11) is 2.07. The van der Waals surface area contributed by atoms with E-state index in [-0.39, 0.29) is 0 Å². The van der Waals surface area contributed by atoms with E-state index in [0.29, 0.717) is 10.8 Å². The van der Waals surface area contributed by atoms with Crippen molar-refractivity contribution in [1.82, 2.24) is 5.32 Å². The zero-order valence-electron chi connectivity index (χ0n) is 12.5. The van der Waals surface area contributed by atoms with Crippen molar-refractivity contribution in [2.75, 3.05) is 13.6 Å². The molecule has 0 spiro atoms. The van der Waals surface area contributed by atoms with E-state index in [2.05, 4.69) is 64.3 Å². The summed E-state index contributed by atoms with van der Waals surface area (Å²) < 4.78 is 0. The van der Waals surface area contributed by atoms with Crippen molar-refractivity contribution in [1.29, 1.82) is 0 Å². The lowest BCUT2D eigenvalue weighted by molar-refractivity contribution is 0.0460. The second kappa shape index (κ2) is 4.70. The Balaban J connectivity index is 2.21. The maximum absolute atomic E-state index is 3.40. The van der Waals surface area contributed by atoms with Gasteiger partial charge in [-0.05, 0) is 43.7 Å². The van der Waals surface area contributed by atoms with E-state index in [1.165, 1.54) is 24.0 Å². The first-order valence-corrected chi connectivity index (χ1v) is 7.09. The van der Waals surface area contributed by atoms with Crippen LogP contribution in [-0.4, -0.2) is 13.6 Å². The van der Waals surface area contributed by atoms with Gasteiger partial charge in [-0.2, -0.15) is 0 Å². The van der Waals surface area contributed by atoms with Gasteiger partial charge in [0.05, 0.1) is 0 Å². The van der Waals surface area contributed by atoms with E-state index in [9.17, 15) is 0 Å². The van der Waals surface area contributed by atoms with E-state index in [1.54, 1.807) is 0 Å². The third-order valence-electron chi connectivity index (χ3n) is 4.64. The molecule has 100 valence electrons. The maximum atomic E-state index is 3.40. The summed E-state index contributed by atoms with van der Waals surface area (Å²) in [5.74, 6) is 0.853. The Labute approximate surface area is 112 Å². The van der Waals surface area contributed by atoms with Crippen LogP contribution in [0.3, 0.4) is 0 Å². The van der Waals surface area contributed by atoms with Crippen LogP contribution in [0.1, 0.15) is 44.7 Å². The smallest absolute Gasteiger partial charge is 0.00834 e. The van der Waals surface area contributed by atoms with Crippen LogP contribution >= 0.6 is 0 Å². The van der Waals surface area contributed by atoms with Gasteiger partial charge in [-0.1, -0.05) is 50.6 Å². The molecule has 2 rings (SSSR count). The van der Waals surface area contributed by atoms with Crippen LogP contribution in [0.15, 0.2) is 24.3 Å². The predicted octanol–water partition coefficient (Wildman–Crippen LogP) is 3.91. The van der Waals surface area contributed by atoms with Gasteiger partial charge in [0.25, 0.3) is 0 Å². The number of nitrogens with one attached hydrogen (secondary N) is 1. The highest BCUT2D eigenvalue weighted by Crippen LogP contribution is 2.54. The molecule has 0 bridgehead atoms. The zero-order valence-corrected chi connectivity index (χ0v) is 12.5. The SMILES string of the molecule is CNCC1(c2cccc(C)c2)CC(C(C)(C)C)C1. The highest BCUT2D eigenvalue weighted by Gasteiger charge is 2.48. The number of hydrogen-bond acceptors (Lipinski definition) is 1. The largest absolute Gasteiger partial charge is 0.319 e. The number of aryl methyl sites for hydroxylation is 1. The molecule has 0 saturated heterocycles. The normalized spacial score (nSPS) is 27.9. The highest BCUT2D eigenvalue weighted by molar-refractivity contribution is 5.33. The van der Waals surface area contributed by atoms with E-state index >= 15 is 0 Å². The van der Waals surface area contributed by atoms with Crippen molar-refractivity contribution in [3.8, 4) is 0 Å². The topological polar surface area (TPSA) is 12.0 Å². The van der Waals surface area contributed by atoms with Gasteiger partial charge in [0.1, 0.15) is 0 Å². The molecule has 1 N–H and O–H groups in total. The lowest BCUT2D eigenvalue weighted by Crippen LogP contribution is -2.51. The summed E-state index contributed by atoms with van der Waals surface area (Å²) in [5.41, 5.74) is 3.72. The standard InChI is InChI=1S/C17H27N/c1-13-7-6-8-14(9-13)17(12-18-5)10-15(11-17)16(2,3)4/h6-9,15,18H,10-12H2,1-5H3. The van der Waals surface area contributed by atoms with Gasteiger partial charge in [0.2, 0.25) is 0 Å². The number of likely N-dealkylation sites (N-methyl/N-ethyl adjacent to an activating group) is 1. The average Bonchev–Trinajstić information content (AvgIpc) is 2.21. The summed E-state index contributed by atoms with van der Waals surface area (Å²) in [6.07, 6.45) is 2.64. The number of hydrogen-bond donors (Lipinski definition) is 1. The summed E-state index contributed by atoms with van der Waals surface area (Å²) in [5, 5.41) is 3.40. The van der Waals surface area contributed by atoms with Gasteiger partial charge in [-0.25, -0.2) is 0 Å². The molecule has 0 unspecified atom stereocenters. The molecule has 0 atom stereocenters. The molecule has 1 nitrogen and oxygen atoms in total. The molecule has 0 amide bonds. The predicted molar refractivity (Wildman–Crippen MR) is 79.0 cm³/mol. The van der Waals surface area contributed by atoms with Crippen LogP contribution in [-0.2, 0) is 5.41 Å². The Morgan fingerprint density at radius 1 is 1.28 bits per heavy atom. The molecule has 0 heterocycles. The molecule has 1 aliphatic rings. The summed E-state index contributed by atoms with van der Waals surface area (Å²) >= 11 is 0. The molecule has 1 aromatic rings. The Kier molecular flexibility index (Phi) is 3.55. The van der Waals surface area contributed by atoms with Crippen LogP contribution < -0.4 is 5.32 Å². The maximum Gasteiger partial charge on any atom is 0.00834 e. The molecular weight excluding hydrogens is 218 g/mol. The van der Waals surface area contributed by atoms with E-state index in [0.717, 1.165) is 12.5 Å². The van der Waals surface area contributed by atoms with E-state index in [1.807, 2.05) is 0 Å².